The zero-order valence-electron chi connectivity index (χ0n) is 13.5. The molecule has 0 spiro atoms. The zero-order valence-corrected chi connectivity index (χ0v) is 14.3. The van der Waals surface area contributed by atoms with Gasteiger partial charge in [0.1, 0.15) is 0 Å². The molecule has 0 atom stereocenters. The molecule has 0 unspecified atom stereocenters. The van der Waals surface area contributed by atoms with Gasteiger partial charge in [-0.15, -0.1) is 11.3 Å². The summed E-state index contributed by atoms with van der Waals surface area (Å²) in [5, 5.41) is 2.08. The molecule has 1 aliphatic rings. The third-order valence-corrected chi connectivity index (χ3v) is 5.29. The summed E-state index contributed by atoms with van der Waals surface area (Å²) < 4.78 is 0. The highest BCUT2D eigenvalue weighted by Crippen LogP contribution is 2.13. The Morgan fingerprint density at radius 2 is 1.87 bits per heavy atom. The van der Waals surface area contributed by atoms with Crippen LogP contribution in [0.25, 0.3) is 0 Å². The summed E-state index contributed by atoms with van der Waals surface area (Å²) in [6.07, 6.45) is 2.58. The molecule has 0 aliphatic carbocycles. The summed E-state index contributed by atoms with van der Waals surface area (Å²) in [7, 11) is 0. The maximum Gasteiger partial charge on any atom is 0.222 e. The van der Waals surface area contributed by atoms with Crippen LogP contribution in [0.15, 0.2) is 47.8 Å². The molecule has 1 aliphatic heterocycles. The quantitative estimate of drug-likeness (QED) is 0.840. The van der Waals surface area contributed by atoms with Gasteiger partial charge in [-0.25, -0.2) is 0 Å². The molecule has 1 fully saturated rings. The SMILES string of the molecule is O=C(CCc1cccs1)N1CCCN(Cc2ccccc2)CC1. The van der Waals surface area contributed by atoms with Gasteiger partial charge in [0.2, 0.25) is 5.91 Å². The average Bonchev–Trinajstić information content (AvgIpc) is 2.99. The van der Waals surface area contributed by atoms with Gasteiger partial charge in [0.25, 0.3) is 0 Å². The molecule has 0 N–H and O–H groups in total. The van der Waals surface area contributed by atoms with Crippen molar-refractivity contribution in [1.82, 2.24) is 9.80 Å². The third-order valence-electron chi connectivity index (χ3n) is 4.36. The molecule has 122 valence electrons. The number of hydrogen-bond acceptors (Lipinski definition) is 3. The first-order valence-electron chi connectivity index (χ1n) is 8.38. The summed E-state index contributed by atoms with van der Waals surface area (Å²) in [6.45, 7) is 4.78. The highest BCUT2D eigenvalue weighted by Gasteiger charge is 2.19. The van der Waals surface area contributed by atoms with E-state index in [-0.39, 0.29) is 0 Å². The second kappa shape index (κ2) is 8.27. The van der Waals surface area contributed by atoms with E-state index in [0.29, 0.717) is 12.3 Å². The lowest BCUT2D eigenvalue weighted by atomic mass is 10.2. The van der Waals surface area contributed by atoms with E-state index in [2.05, 4.69) is 57.6 Å². The topological polar surface area (TPSA) is 23.6 Å². The third kappa shape index (κ3) is 4.91. The lowest BCUT2D eigenvalue weighted by Crippen LogP contribution is -2.35. The van der Waals surface area contributed by atoms with Crippen molar-refractivity contribution in [3.05, 3.63) is 58.3 Å². The van der Waals surface area contributed by atoms with E-state index in [1.165, 1.54) is 10.4 Å². The van der Waals surface area contributed by atoms with Gasteiger partial charge in [0.05, 0.1) is 0 Å². The molecular weight excluding hydrogens is 304 g/mol. The standard InChI is InChI=1S/C19H24N2OS/c22-19(10-9-18-8-4-15-23-18)21-12-5-11-20(13-14-21)16-17-6-2-1-3-7-17/h1-4,6-8,15H,5,9-14,16H2. The van der Waals surface area contributed by atoms with E-state index in [0.717, 1.165) is 45.6 Å². The second-order valence-electron chi connectivity index (χ2n) is 6.08. The molecule has 3 nitrogen and oxygen atoms in total. The average molecular weight is 328 g/mol. The van der Waals surface area contributed by atoms with Crippen molar-refractivity contribution in [3.63, 3.8) is 0 Å². The smallest absolute Gasteiger partial charge is 0.222 e. The van der Waals surface area contributed by atoms with E-state index >= 15 is 0 Å². The Kier molecular flexibility index (Phi) is 5.83. The van der Waals surface area contributed by atoms with Gasteiger partial charge in [0.15, 0.2) is 0 Å². The number of hydrogen-bond donors (Lipinski definition) is 0. The number of benzene rings is 1. The van der Waals surface area contributed by atoms with Crippen LogP contribution in [0.3, 0.4) is 0 Å². The molecule has 1 saturated heterocycles. The Labute approximate surface area is 142 Å². The fraction of sp³-hybridized carbons (Fsp3) is 0.421. The first-order valence-corrected chi connectivity index (χ1v) is 9.26. The molecule has 0 bridgehead atoms. The molecule has 2 heterocycles. The lowest BCUT2D eigenvalue weighted by molar-refractivity contribution is -0.131. The van der Waals surface area contributed by atoms with Gasteiger partial charge in [-0.05, 0) is 29.9 Å². The Hall–Kier alpha value is -1.65. The van der Waals surface area contributed by atoms with Crippen LogP contribution >= 0.6 is 11.3 Å². The number of nitrogens with zero attached hydrogens (tertiary/aromatic N) is 2. The van der Waals surface area contributed by atoms with E-state index in [1.54, 1.807) is 11.3 Å². The number of thiophene rings is 1. The van der Waals surface area contributed by atoms with E-state index < -0.39 is 0 Å². The van der Waals surface area contributed by atoms with Crippen molar-refractivity contribution in [2.75, 3.05) is 26.2 Å². The molecule has 2 aromatic rings. The van der Waals surface area contributed by atoms with Crippen molar-refractivity contribution >= 4 is 17.2 Å². The monoisotopic (exact) mass is 328 g/mol. The minimum Gasteiger partial charge on any atom is -0.341 e. The minimum absolute atomic E-state index is 0.306. The molecule has 4 heteroatoms. The predicted molar refractivity (Wildman–Crippen MR) is 95.6 cm³/mol. The fourth-order valence-electron chi connectivity index (χ4n) is 3.06. The van der Waals surface area contributed by atoms with Gasteiger partial charge in [-0.1, -0.05) is 36.4 Å². The molecule has 1 amide bonds. The maximum absolute atomic E-state index is 12.4. The van der Waals surface area contributed by atoms with Gasteiger partial charge >= 0.3 is 0 Å². The van der Waals surface area contributed by atoms with Crippen LogP contribution in [0, 0.1) is 0 Å². The zero-order chi connectivity index (χ0) is 15.9. The summed E-state index contributed by atoms with van der Waals surface area (Å²) in [6, 6.07) is 14.8. The normalized spacial score (nSPS) is 16.3. The molecule has 0 saturated carbocycles. The summed E-state index contributed by atoms with van der Waals surface area (Å²) >= 11 is 1.74. The van der Waals surface area contributed by atoms with Gasteiger partial charge < -0.3 is 4.90 Å². The Balaban J connectivity index is 1.47. The molecule has 23 heavy (non-hydrogen) atoms. The van der Waals surface area contributed by atoms with E-state index in [1.807, 2.05) is 0 Å². The lowest BCUT2D eigenvalue weighted by Gasteiger charge is -2.22. The van der Waals surface area contributed by atoms with E-state index in [9.17, 15) is 4.79 Å². The maximum atomic E-state index is 12.4. The van der Waals surface area contributed by atoms with Crippen LogP contribution in [0.1, 0.15) is 23.3 Å². The highest BCUT2D eigenvalue weighted by molar-refractivity contribution is 7.09. The van der Waals surface area contributed by atoms with E-state index in [4.69, 9.17) is 0 Å². The largest absolute Gasteiger partial charge is 0.341 e. The van der Waals surface area contributed by atoms with Crippen LogP contribution in [0.4, 0.5) is 0 Å². The number of amides is 1. The van der Waals surface area contributed by atoms with Gasteiger partial charge in [-0.2, -0.15) is 0 Å². The van der Waals surface area contributed by atoms with Crippen LogP contribution < -0.4 is 0 Å². The first kappa shape index (κ1) is 16.2. The second-order valence-corrected chi connectivity index (χ2v) is 7.11. The molecule has 1 aromatic carbocycles. The van der Waals surface area contributed by atoms with Gasteiger partial charge in [-0.3, -0.25) is 9.69 Å². The number of carbonyl (C=O) groups is 1. The van der Waals surface area contributed by atoms with Crippen LogP contribution in [-0.4, -0.2) is 41.9 Å². The van der Waals surface area contributed by atoms with Crippen molar-refractivity contribution in [3.8, 4) is 0 Å². The van der Waals surface area contributed by atoms with Crippen molar-refractivity contribution in [2.45, 2.75) is 25.8 Å². The van der Waals surface area contributed by atoms with Crippen LogP contribution in [0.5, 0.6) is 0 Å². The first-order chi connectivity index (χ1) is 11.3. The van der Waals surface area contributed by atoms with Crippen molar-refractivity contribution < 1.29 is 4.79 Å². The molecular formula is C19H24N2OS. The molecule has 1 aromatic heterocycles. The highest BCUT2D eigenvalue weighted by atomic mass is 32.1. The molecule has 3 rings (SSSR count). The number of carbonyl (C=O) groups excluding carboxylic acids is 1. The van der Waals surface area contributed by atoms with Gasteiger partial charge in [0, 0.05) is 44.0 Å². The predicted octanol–water partition coefficient (Wildman–Crippen LogP) is 3.42. The van der Waals surface area contributed by atoms with Crippen LogP contribution in [0.2, 0.25) is 0 Å². The summed E-state index contributed by atoms with van der Waals surface area (Å²) in [5.41, 5.74) is 1.35. The minimum atomic E-state index is 0.306. The van der Waals surface area contributed by atoms with Crippen molar-refractivity contribution in [1.29, 1.82) is 0 Å². The van der Waals surface area contributed by atoms with Crippen LogP contribution in [-0.2, 0) is 17.8 Å². The number of rotatable bonds is 5. The Bertz CT molecular complexity index is 597. The number of aryl methyl sites for hydroxylation is 1. The van der Waals surface area contributed by atoms with Crippen molar-refractivity contribution in [2.24, 2.45) is 0 Å². The summed E-state index contributed by atoms with van der Waals surface area (Å²) in [5.74, 6) is 0.306. The summed E-state index contributed by atoms with van der Waals surface area (Å²) in [4.78, 5) is 18.2. The molecule has 0 radical (unpaired) electrons. The fourth-order valence-corrected chi connectivity index (χ4v) is 3.77. The Morgan fingerprint density at radius 3 is 2.65 bits per heavy atom. The Morgan fingerprint density at radius 1 is 1.00 bits per heavy atom.